The van der Waals surface area contributed by atoms with E-state index in [1.165, 1.54) is 11.0 Å². The summed E-state index contributed by atoms with van der Waals surface area (Å²) in [5, 5.41) is 0. The molecule has 0 spiro atoms. The first-order chi connectivity index (χ1) is 11.1. The van der Waals surface area contributed by atoms with Crippen LogP contribution in [0.5, 0.6) is 0 Å². The SMILES string of the molecule is C=CC(=O)N(C)c1ccc(C(=O)N2CCOCC(CC)C2)cc1. The van der Waals surface area contributed by atoms with E-state index in [2.05, 4.69) is 13.5 Å². The Morgan fingerprint density at radius 1 is 1.39 bits per heavy atom. The molecule has 23 heavy (non-hydrogen) atoms. The van der Waals surface area contributed by atoms with Gasteiger partial charge in [0.1, 0.15) is 0 Å². The van der Waals surface area contributed by atoms with E-state index in [1.54, 1.807) is 31.3 Å². The summed E-state index contributed by atoms with van der Waals surface area (Å²) in [6.45, 7) is 8.23. The standard InChI is InChI=1S/C18H24N2O3/c1-4-14-12-20(10-11-23-13-14)18(22)15-6-8-16(9-7-15)19(3)17(21)5-2/h5-9,14H,2,4,10-13H2,1,3H3. The van der Waals surface area contributed by atoms with Gasteiger partial charge in [0.15, 0.2) is 0 Å². The van der Waals surface area contributed by atoms with Gasteiger partial charge in [-0.15, -0.1) is 0 Å². The van der Waals surface area contributed by atoms with E-state index < -0.39 is 0 Å². The predicted octanol–water partition coefficient (Wildman–Crippen LogP) is 2.33. The number of likely N-dealkylation sites (N-methyl/N-ethyl adjacent to an activating group) is 1. The summed E-state index contributed by atoms with van der Waals surface area (Å²) in [7, 11) is 1.68. The molecule has 1 saturated heterocycles. The normalized spacial score (nSPS) is 18.2. The number of anilines is 1. The summed E-state index contributed by atoms with van der Waals surface area (Å²) in [6.07, 6.45) is 2.26. The Balaban J connectivity index is 2.10. The van der Waals surface area contributed by atoms with Crippen molar-refractivity contribution in [1.29, 1.82) is 0 Å². The Labute approximate surface area is 137 Å². The first-order valence-corrected chi connectivity index (χ1v) is 7.94. The van der Waals surface area contributed by atoms with Gasteiger partial charge in [-0.1, -0.05) is 13.5 Å². The minimum Gasteiger partial charge on any atom is -0.379 e. The molecule has 1 heterocycles. The van der Waals surface area contributed by atoms with E-state index >= 15 is 0 Å². The molecular weight excluding hydrogens is 292 g/mol. The van der Waals surface area contributed by atoms with Crippen molar-refractivity contribution in [2.75, 3.05) is 38.3 Å². The molecule has 1 aliphatic heterocycles. The number of carbonyl (C=O) groups excluding carboxylic acids is 2. The fourth-order valence-electron chi connectivity index (χ4n) is 2.59. The van der Waals surface area contributed by atoms with Crippen LogP contribution in [0.2, 0.25) is 0 Å². The van der Waals surface area contributed by atoms with E-state index in [4.69, 9.17) is 4.74 Å². The van der Waals surface area contributed by atoms with Crippen molar-refractivity contribution in [2.24, 2.45) is 5.92 Å². The van der Waals surface area contributed by atoms with Crippen molar-refractivity contribution < 1.29 is 14.3 Å². The first-order valence-electron chi connectivity index (χ1n) is 7.94. The largest absolute Gasteiger partial charge is 0.379 e. The van der Waals surface area contributed by atoms with Gasteiger partial charge in [-0.05, 0) is 42.7 Å². The topological polar surface area (TPSA) is 49.9 Å². The lowest BCUT2D eigenvalue weighted by Crippen LogP contribution is -2.35. The lowest BCUT2D eigenvalue weighted by atomic mass is 10.1. The summed E-state index contributed by atoms with van der Waals surface area (Å²) >= 11 is 0. The van der Waals surface area contributed by atoms with Gasteiger partial charge < -0.3 is 14.5 Å². The molecule has 1 atom stereocenters. The van der Waals surface area contributed by atoms with Crippen molar-refractivity contribution in [1.82, 2.24) is 4.90 Å². The van der Waals surface area contributed by atoms with Crippen LogP contribution in [0.25, 0.3) is 0 Å². The zero-order valence-electron chi connectivity index (χ0n) is 13.8. The molecule has 0 saturated carbocycles. The second kappa shape index (κ2) is 7.92. The molecule has 0 bridgehead atoms. The maximum atomic E-state index is 12.7. The highest BCUT2D eigenvalue weighted by atomic mass is 16.5. The van der Waals surface area contributed by atoms with Crippen LogP contribution >= 0.6 is 0 Å². The van der Waals surface area contributed by atoms with E-state index in [9.17, 15) is 9.59 Å². The Morgan fingerprint density at radius 3 is 2.70 bits per heavy atom. The highest BCUT2D eigenvalue weighted by molar-refractivity contribution is 6.01. The molecule has 1 fully saturated rings. The predicted molar refractivity (Wildman–Crippen MR) is 90.6 cm³/mol. The highest BCUT2D eigenvalue weighted by Gasteiger charge is 2.22. The average molecular weight is 316 g/mol. The third-order valence-corrected chi connectivity index (χ3v) is 4.21. The van der Waals surface area contributed by atoms with E-state index in [0.29, 0.717) is 31.2 Å². The van der Waals surface area contributed by atoms with Gasteiger partial charge in [-0.25, -0.2) is 0 Å². The van der Waals surface area contributed by atoms with Gasteiger partial charge in [-0.3, -0.25) is 9.59 Å². The van der Waals surface area contributed by atoms with Crippen molar-refractivity contribution in [3.63, 3.8) is 0 Å². The number of carbonyl (C=O) groups is 2. The molecule has 5 heteroatoms. The zero-order valence-corrected chi connectivity index (χ0v) is 13.8. The Morgan fingerprint density at radius 2 is 2.09 bits per heavy atom. The number of hydrogen-bond acceptors (Lipinski definition) is 3. The second-order valence-electron chi connectivity index (χ2n) is 5.75. The summed E-state index contributed by atoms with van der Waals surface area (Å²) < 4.78 is 5.56. The van der Waals surface area contributed by atoms with Gasteiger partial charge in [-0.2, -0.15) is 0 Å². The second-order valence-corrected chi connectivity index (χ2v) is 5.75. The Hall–Kier alpha value is -2.14. The van der Waals surface area contributed by atoms with Crippen molar-refractivity contribution in [3.05, 3.63) is 42.5 Å². The van der Waals surface area contributed by atoms with Crippen molar-refractivity contribution in [3.8, 4) is 0 Å². The van der Waals surface area contributed by atoms with Crippen LogP contribution in [-0.2, 0) is 9.53 Å². The van der Waals surface area contributed by atoms with E-state index in [0.717, 1.165) is 18.7 Å². The number of rotatable bonds is 4. The number of hydrogen-bond donors (Lipinski definition) is 0. The van der Waals surface area contributed by atoms with Crippen LogP contribution in [0, 0.1) is 5.92 Å². The number of benzene rings is 1. The van der Waals surface area contributed by atoms with Gasteiger partial charge >= 0.3 is 0 Å². The van der Waals surface area contributed by atoms with Crippen molar-refractivity contribution in [2.45, 2.75) is 13.3 Å². The molecule has 2 amide bonds. The molecule has 1 aromatic carbocycles. The van der Waals surface area contributed by atoms with E-state index in [1.807, 2.05) is 4.90 Å². The molecule has 5 nitrogen and oxygen atoms in total. The number of nitrogens with zero attached hydrogens (tertiary/aromatic N) is 2. The van der Waals surface area contributed by atoms with Crippen LogP contribution in [0.3, 0.4) is 0 Å². The van der Waals surface area contributed by atoms with Gasteiger partial charge in [0.05, 0.1) is 13.2 Å². The fourth-order valence-corrected chi connectivity index (χ4v) is 2.59. The van der Waals surface area contributed by atoms with Crippen LogP contribution in [0.15, 0.2) is 36.9 Å². The molecule has 0 aliphatic carbocycles. The van der Waals surface area contributed by atoms with Gasteiger partial charge in [0.25, 0.3) is 5.91 Å². The fraction of sp³-hybridized carbons (Fsp3) is 0.444. The maximum Gasteiger partial charge on any atom is 0.253 e. The molecule has 0 N–H and O–H groups in total. The van der Waals surface area contributed by atoms with Crippen LogP contribution < -0.4 is 4.90 Å². The number of amides is 2. The average Bonchev–Trinajstić information content (AvgIpc) is 2.85. The third-order valence-electron chi connectivity index (χ3n) is 4.21. The Kier molecular flexibility index (Phi) is 5.93. The van der Waals surface area contributed by atoms with Crippen LogP contribution in [-0.4, -0.2) is 50.1 Å². The van der Waals surface area contributed by atoms with Gasteiger partial charge in [0.2, 0.25) is 5.91 Å². The van der Waals surface area contributed by atoms with Crippen molar-refractivity contribution >= 4 is 17.5 Å². The molecule has 0 radical (unpaired) electrons. The third kappa shape index (κ3) is 4.20. The molecule has 1 aromatic rings. The molecule has 0 aromatic heterocycles. The molecule has 2 rings (SSSR count). The smallest absolute Gasteiger partial charge is 0.253 e. The first kappa shape index (κ1) is 17.2. The highest BCUT2D eigenvalue weighted by Crippen LogP contribution is 2.17. The summed E-state index contributed by atoms with van der Waals surface area (Å²) in [5.74, 6) is 0.217. The van der Waals surface area contributed by atoms with Crippen LogP contribution in [0.1, 0.15) is 23.7 Å². The summed E-state index contributed by atoms with van der Waals surface area (Å²) in [6, 6.07) is 7.08. The van der Waals surface area contributed by atoms with Crippen LogP contribution in [0.4, 0.5) is 5.69 Å². The van der Waals surface area contributed by atoms with E-state index in [-0.39, 0.29) is 11.8 Å². The lowest BCUT2D eigenvalue weighted by molar-refractivity contribution is -0.113. The molecule has 1 unspecified atom stereocenters. The zero-order chi connectivity index (χ0) is 16.8. The maximum absolute atomic E-state index is 12.7. The quantitative estimate of drug-likeness (QED) is 0.801. The number of ether oxygens (including phenoxy) is 1. The minimum atomic E-state index is -0.181. The monoisotopic (exact) mass is 316 g/mol. The lowest BCUT2D eigenvalue weighted by Gasteiger charge is -2.23. The molecular formula is C18H24N2O3. The molecule has 1 aliphatic rings. The Bertz CT molecular complexity index is 568. The van der Waals surface area contributed by atoms with Gasteiger partial charge in [0, 0.05) is 31.4 Å². The minimum absolute atomic E-state index is 0.0122. The summed E-state index contributed by atoms with van der Waals surface area (Å²) in [5.41, 5.74) is 1.36. The summed E-state index contributed by atoms with van der Waals surface area (Å²) in [4.78, 5) is 27.6. The molecule has 124 valence electrons.